The van der Waals surface area contributed by atoms with Crippen molar-refractivity contribution in [1.29, 1.82) is 0 Å². The zero-order valence-corrected chi connectivity index (χ0v) is 20.6. The van der Waals surface area contributed by atoms with Gasteiger partial charge in [-0.15, -0.1) is 24.0 Å². The van der Waals surface area contributed by atoms with E-state index in [0.29, 0.717) is 13.2 Å². The summed E-state index contributed by atoms with van der Waals surface area (Å²) in [4.78, 5) is 19.5. The van der Waals surface area contributed by atoms with Crippen molar-refractivity contribution in [3.63, 3.8) is 0 Å². The van der Waals surface area contributed by atoms with Crippen molar-refractivity contribution in [2.45, 2.75) is 65.6 Å². The average molecular weight is 514 g/mol. The van der Waals surface area contributed by atoms with E-state index in [1.807, 2.05) is 24.3 Å². The van der Waals surface area contributed by atoms with Crippen LogP contribution in [-0.2, 0) is 16.1 Å². The molecule has 2 N–H and O–H groups in total. The second kappa shape index (κ2) is 9.64. The lowest BCUT2D eigenvalue weighted by molar-refractivity contribution is -0.124. The summed E-state index contributed by atoms with van der Waals surface area (Å²) in [5, 5.41) is 6.39. The number of hydrogen-bond donors (Lipinski definition) is 2. The van der Waals surface area contributed by atoms with Crippen LogP contribution in [0.4, 0.5) is 5.69 Å². The topological polar surface area (TPSA) is 66.0 Å². The number of amides is 1. The molecule has 0 bridgehead atoms. The van der Waals surface area contributed by atoms with Crippen molar-refractivity contribution in [3.8, 4) is 0 Å². The Kier molecular flexibility index (Phi) is 7.95. The van der Waals surface area contributed by atoms with Gasteiger partial charge in [-0.2, -0.15) is 0 Å². The summed E-state index contributed by atoms with van der Waals surface area (Å²) in [7, 11) is 0. The summed E-state index contributed by atoms with van der Waals surface area (Å²) in [6, 6.07) is 7.90. The smallest absolute Gasteiger partial charge is 0.253 e. The number of ether oxygens (including phenoxy) is 1. The Morgan fingerprint density at radius 1 is 1.31 bits per heavy atom. The molecule has 0 radical (unpaired) electrons. The highest BCUT2D eigenvalue weighted by molar-refractivity contribution is 14.0. The van der Waals surface area contributed by atoms with Gasteiger partial charge in [-0.25, -0.2) is 4.99 Å². The molecule has 2 aliphatic rings. The summed E-state index contributed by atoms with van der Waals surface area (Å²) in [5.74, 6) is 0.886. The van der Waals surface area contributed by atoms with E-state index in [4.69, 9.17) is 9.73 Å². The minimum Gasteiger partial charge on any atom is -0.368 e. The van der Waals surface area contributed by atoms with E-state index in [0.717, 1.165) is 43.1 Å². The first kappa shape index (κ1) is 23.9. The molecular weight excluding hydrogens is 479 g/mol. The molecule has 1 unspecified atom stereocenters. The Hall–Kier alpha value is -1.35. The minimum atomic E-state index is -0.320. The molecule has 3 rings (SSSR count). The second-order valence-corrected chi connectivity index (χ2v) is 8.89. The lowest BCUT2D eigenvalue weighted by Crippen LogP contribution is -2.72. The number of guanidine groups is 1. The van der Waals surface area contributed by atoms with E-state index in [9.17, 15) is 4.79 Å². The number of carbonyl (C=O) groups excluding carboxylic acids is 1. The number of likely N-dealkylation sites (tertiary alicyclic amines) is 1. The lowest BCUT2D eigenvalue weighted by atomic mass is 9.65. The van der Waals surface area contributed by atoms with Gasteiger partial charge in [-0.1, -0.05) is 26.0 Å². The quantitative estimate of drug-likeness (QED) is 0.354. The predicted molar refractivity (Wildman–Crippen MR) is 129 cm³/mol. The molecule has 162 valence electrons. The molecule has 0 saturated carbocycles. The summed E-state index contributed by atoms with van der Waals surface area (Å²) in [6.07, 6.45) is 1.42. The second-order valence-electron chi connectivity index (χ2n) is 8.89. The van der Waals surface area contributed by atoms with Crippen LogP contribution in [0.2, 0.25) is 0 Å². The molecule has 1 atom stereocenters. The molecule has 2 aliphatic heterocycles. The molecule has 29 heavy (non-hydrogen) atoms. The van der Waals surface area contributed by atoms with Crippen LogP contribution < -0.4 is 10.6 Å². The van der Waals surface area contributed by atoms with Crippen LogP contribution in [0.5, 0.6) is 0 Å². The highest BCUT2D eigenvalue weighted by Gasteiger charge is 2.53. The first-order valence-corrected chi connectivity index (χ1v) is 10.3. The van der Waals surface area contributed by atoms with Crippen molar-refractivity contribution in [1.82, 2.24) is 10.2 Å². The minimum absolute atomic E-state index is 0. The average Bonchev–Trinajstić information content (AvgIpc) is 3.19. The zero-order chi connectivity index (χ0) is 20.4. The normalized spacial score (nSPS) is 22.4. The van der Waals surface area contributed by atoms with Gasteiger partial charge < -0.3 is 20.3 Å². The van der Waals surface area contributed by atoms with Gasteiger partial charge in [0.2, 0.25) is 0 Å². The van der Waals surface area contributed by atoms with Crippen LogP contribution in [-0.4, -0.2) is 48.1 Å². The highest BCUT2D eigenvalue weighted by atomic mass is 127. The molecule has 0 aliphatic carbocycles. The molecule has 0 aromatic heterocycles. The molecule has 1 amide bonds. The molecule has 6 nitrogen and oxygen atoms in total. The Balaban J connectivity index is 0.00000300. The van der Waals surface area contributed by atoms with Crippen molar-refractivity contribution in [3.05, 3.63) is 29.8 Å². The van der Waals surface area contributed by atoms with Gasteiger partial charge in [0.1, 0.15) is 6.10 Å². The number of carbonyl (C=O) groups is 1. The molecule has 0 spiro atoms. The van der Waals surface area contributed by atoms with Gasteiger partial charge in [0.25, 0.3) is 5.91 Å². The molecule has 1 aromatic carbocycles. The Bertz CT molecular complexity index is 742. The van der Waals surface area contributed by atoms with Gasteiger partial charge in [-0.05, 0) is 51.3 Å². The third-order valence-corrected chi connectivity index (χ3v) is 6.30. The van der Waals surface area contributed by atoms with E-state index >= 15 is 0 Å². The van der Waals surface area contributed by atoms with Crippen LogP contribution in [0.3, 0.4) is 0 Å². The summed E-state index contributed by atoms with van der Waals surface area (Å²) in [5.41, 5.74) is 2.18. The SMILES string of the molecule is CCNC(=NCc1cccc(NC(=O)C2CCCO2)c1)N1CC(C)(C)C1(C)C.I. The Morgan fingerprint density at radius 3 is 2.66 bits per heavy atom. The molecule has 2 heterocycles. The maximum Gasteiger partial charge on any atom is 0.253 e. The van der Waals surface area contributed by atoms with Crippen LogP contribution in [0.25, 0.3) is 0 Å². The largest absolute Gasteiger partial charge is 0.368 e. The number of rotatable bonds is 5. The third-order valence-electron chi connectivity index (χ3n) is 6.30. The van der Waals surface area contributed by atoms with Gasteiger partial charge >= 0.3 is 0 Å². The maximum atomic E-state index is 12.3. The van der Waals surface area contributed by atoms with Crippen LogP contribution in [0, 0.1) is 5.41 Å². The molecule has 2 fully saturated rings. The number of anilines is 1. The van der Waals surface area contributed by atoms with Crippen molar-refractivity contribution in [2.24, 2.45) is 10.4 Å². The van der Waals surface area contributed by atoms with Gasteiger partial charge in [0, 0.05) is 36.3 Å². The van der Waals surface area contributed by atoms with E-state index in [-0.39, 0.29) is 46.9 Å². The van der Waals surface area contributed by atoms with Crippen LogP contribution >= 0.6 is 24.0 Å². The monoisotopic (exact) mass is 514 g/mol. The summed E-state index contributed by atoms with van der Waals surface area (Å²) >= 11 is 0. The van der Waals surface area contributed by atoms with Gasteiger partial charge in [0.15, 0.2) is 5.96 Å². The molecular formula is C22H35IN4O2. The van der Waals surface area contributed by atoms with E-state index in [1.165, 1.54) is 0 Å². The number of halogens is 1. The maximum absolute atomic E-state index is 12.3. The van der Waals surface area contributed by atoms with Crippen LogP contribution in [0.1, 0.15) is 53.0 Å². The fourth-order valence-electron chi connectivity index (χ4n) is 3.72. The van der Waals surface area contributed by atoms with Crippen molar-refractivity contribution >= 4 is 41.5 Å². The number of nitrogens with one attached hydrogen (secondary N) is 2. The lowest BCUT2D eigenvalue weighted by Gasteiger charge is -2.62. The van der Waals surface area contributed by atoms with E-state index in [2.05, 4.69) is 50.2 Å². The van der Waals surface area contributed by atoms with E-state index in [1.54, 1.807) is 0 Å². The van der Waals surface area contributed by atoms with Crippen LogP contribution in [0.15, 0.2) is 29.3 Å². The molecule has 1 aromatic rings. The number of hydrogen-bond acceptors (Lipinski definition) is 3. The predicted octanol–water partition coefficient (Wildman–Crippen LogP) is 4.01. The fraction of sp³-hybridized carbons (Fsp3) is 0.636. The van der Waals surface area contributed by atoms with Crippen molar-refractivity contribution < 1.29 is 9.53 Å². The van der Waals surface area contributed by atoms with Gasteiger partial charge in [0.05, 0.1) is 6.54 Å². The third kappa shape index (κ3) is 5.23. The number of aliphatic imine (C=N–C) groups is 1. The van der Waals surface area contributed by atoms with Gasteiger partial charge in [-0.3, -0.25) is 4.79 Å². The Morgan fingerprint density at radius 2 is 2.07 bits per heavy atom. The van der Waals surface area contributed by atoms with Crippen molar-refractivity contribution in [2.75, 3.05) is 25.0 Å². The zero-order valence-electron chi connectivity index (χ0n) is 18.2. The fourth-order valence-corrected chi connectivity index (χ4v) is 3.72. The highest BCUT2D eigenvalue weighted by Crippen LogP contribution is 2.46. The summed E-state index contributed by atoms with van der Waals surface area (Å²) in [6.45, 7) is 14.3. The standard InChI is InChI=1S/C22H34N4O2.HI/c1-6-23-20(26-15-21(2,3)22(26,4)5)24-14-16-9-7-10-17(13-16)25-19(27)18-11-8-12-28-18;/h7,9-10,13,18H,6,8,11-12,14-15H2,1-5H3,(H,23,24)(H,25,27);1H. The Labute approximate surface area is 191 Å². The first-order chi connectivity index (χ1) is 13.2. The van der Waals surface area contributed by atoms with E-state index < -0.39 is 0 Å². The number of nitrogens with zero attached hydrogens (tertiary/aromatic N) is 2. The number of benzene rings is 1. The molecule has 2 saturated heterocycles. The molecule has 7 heteroatoms. The summed E-state index contributed by atoms with van der Waals surface area (Å²) < 4.78 is 5.46. The first-order valence-electron chi connectivity index (χ1n) is 10.3.